The Bertz CT molecular complexity index is 4310. The summed E-state index contributed by atoms with van der Waals surface area (Å²) >= 11 is 0. The maximum absolute atomic E-state index is 2.83. The van der Waals surface area contributed by atoms with Crippen LogP contribution in [0, 0.1) is 6.92 Å². The van der Waals surface area contributed by atoms with Gasteiger partial charge in [0.15, 0.2) is 8.07 Å². The van der Waals surface area contributed by atoms with Crippen molar-refractivity contribution >= 4 is 96.8 Å². The molecule has 0 aliphatic carbocycles. The van der Waals surface area contributed by atoms with Gasteiger partial charge in [0.1, 0.15) is 8.80 Å². The molecule has 77 heavy (non-hydrogen) atoms. The van der Waals surface area contributed by atoms with Crippen LogP contribution in [0.15, 0.2) is 303 Å². The Morgan fingerprint density at radius 3 is 1.40 bits per heavy atom. The number of fused-ring (bicyclic) bond motifs is 6. The normalized spacial score (nSPS) is 11.8. The highest BCUT2D eigenvalue weighted by Crippen LogP contribution is 2.41. The van der Waals surface area contributed by atoms with Gasteiger partial charge in [0.05, 0.1) is 27.8 Å². The van der Waals surface area contributed by atoms with E-state index in [2.05, 4.69) is 319 Å². The average Bonchev–Trinajstić information content (AvgIpc) is 4.17. The van der Waals surface area contributed by atoms with Crippen molar-refractivity contribution < 1.29 is 0 Å². The molecule has 0 saturated heterocycles. The van der Waals surface area contributed by atoms with Gasteiger partial charge in [-0.3, -0.25) is 0 Å². The average molecular weight is 1020 g/mol. The van der Waals surface area contributed by atoms with E-state index in [9.17, 15) is 0 Å². The molecule has 2 aromatic heterocycles. The molecule has 0 aliphatic heterocycles. The van der Waals surface area contributed by atoms with Crippen LogP contribution in [0.4, 0.5) is 0 Å². The molecule has 0 N–H and O–H groups in total. The predicted molar refractivity (Wildman–Crippen MR) is 333 cm³/mol. The van der Waals surface area contributed by atoms with Gasteiger partial charge in [-0.2, -0.15) is 0 Å². The van der Waals surface area contributed by atoms with Crippen LogP contribution in [0.25, 0.3) is 77.2 Å². The second-order valence-corrected chi connectivity index (χ2v) is 27.0. The molecule has 0 unspecified atom stereocenters. The van der Waals surface area contributed by atoms with Crippen molar-refractivity contribution in [2.75, 3.05) is 0 Å². The standard InChI is InChI=1S/C73H54N2Si2/c1-52-25-17-18-38-62(52)67-50-54(46-48-72(67)76(56-27-7-2-8-28-56)57-29-9-3-10-30-57)53-45-47-70-66(49-53)64-40-20-22-43-69(64)75(70)71-44-24-41-65-63-39-19-21-42-68(63)74(73(65)71)55-26-23-37-61(51-55)77(58-31-11-4-12-32-58,59-33-13-5-14-34-59)60-35-15-6-16-36-60/h2-51,76H,1H3. The minimum atomic E-state index is -2.83. The lowest BCUT2D eigenvalue weighted by molar-refractivity contribution is 1.13. The van der Waals surface area contributed by atoms with Crippen LogP contribution < -0.4 is 36.3 Å². The predicted octanol–water partition coefficient (Wildman–Crippen LogP) is 13.1. The minimum absolute atomic E-state index is 1.14. The van der Waals surface area contributed by atoms with Crippen molar-refractivity contribution in [1.82, 2.24) is 9.13 Å². The number of hydrogen-bond acceptors (Lipinski definition) is 0. The number of para-hydroxylation sites is 3. The molecule has 0 aliphatic rings. The fourth-order valence-corrected chi connectivity index (χ4v) is 20.7. The number of aromatic nitrogens is 2. The van der Waals surface area contributed by atoms with Crippen molar-refractivity contribution in [2.24, 2.45) is 0 Å². The Hall–Kier alpha value is -9.33. The zero-order valence-electron chi connectivity index (χ0n) is 42.8. The van der Waals surface area contributed by atoms with Gasteiger partial charge in [-0.15, -0.1) is 0 Å². The largest absolute Gasteiger partial charge is 0.307 e. The second kappa shape index (κ2) is 19.4. The molecule has 0 spiro atoms. The van der Waals surface area contributed by atoms with E-state index < -0.39 is 16.9 Å². The monoisotopic (exact) mass is 1010 g/mol. The lowest BCUT2D eigenvalue weighted by Crippen LogP contribution is -2.74. The molecule has 14 rings (SSSR count). The number of nitrogens with zero attached hydrogens (tertiary/aromatic N) is 2. The molecule has 4 heteroatoms. The number of benzene rings is 12. The van der Waals surface area contributed by atoms with E-state index in [0.717, 1.165) is 11.4 Å². The number of rotatable bonds is 11. The van der Waals surface area contributed by atoms with E-state index in [0.29, 0.717) is 0 Å². The maximum Gasteiger partial charge on any atom is 0.179 e. The first-order valence-electron chi connectivity index (χ1n) is 26.8. The van der Waals surface area contributed by atoms with Gasteiger partial charge in [-0.25, -0.2) is 0 Å². The topological polar surface area (TPSA) is 9.86 Å². The van der Waals surface area contributed by atoms with E-state index in [1.165, 1.54) is 108 Å². The van der Waals surface area contributed by atoms with Crippen molar-refractivity contribution in [2.45, 2.75) is 6.92 Å². The first-order chi connectivity index (χ1) is 38.1. The SMILES string of the molecule is Cc1ccccc1-c1cc(-c2ccc3c(c2)c2ccccc2n3-c2cccc3c4ccccc4n(-c4cccc([Si](c5ccccc5)(c5ccccc5)c5ccccc5)c4)c23)ccc1[SiH](c1ccccc1)c1ccccc1. The molecular weight excluding hydrogens is 961 g/mol. The smallest absolute Gasteiger partial charge is 0.179 e. The lowest BCUT2D eigenvalue weighted by atomic mass is 9.95. The lowest BCUT2D eigenvalue weighted by Gasteiger charge is -2.34. The van der Waals surface area contributed by atoms with Crippen molar-refractivity contribution in [3.05, 3.63) is 309 Å². The van der Waals surface area contributed by atoms with Gasteiger partial charge in [0.25, 0.3) is 0 Å². The maximum atomic E-state index is 2.54. The third kappa shape index (κ3) is 7.75. The van der Waals surface area contributed by atoms with E-state index in [4.69, 9.17) is 0 Å². The van der Waals surface area contributed by atoms with Crippen LogP contribution >= 0.6 is 0 Å². The Labute approximate surface area is 452 Å². The molecule has 12 aromatic carbocycles. The number of aryl methyl sites for hydroxylation is 1. The van der Waals surface area contributed by atoms with Crippen LogP contribution in [0.1, 0.15) is 5.56 Å². The van der Waals surface area contributed by atoms with Gasteiger partial charge < -0.3 is 9.13 Å². The van der Waals surface area contributed by atoms with E-state index in [-0.39, 0.29) is 0 Å². The van der Waals surface area contributed by atoms with Gasteiger partial charge in [-0.05, 0) is 109 Å². The first kappa shape index (κ1) is 46.2. The van der Waals surface area contributed by atoms with Gasteiger partial charge in [-0.1, -0.05) is 265 Å². The third-order valence-electron chi connectivity index (χ3n) is 16.1. The van der Waals surface area contributed by atoms with Crippen molar-refractivity contribution in [3.8, 4) is 33.6 Å². The molecule has 364 valence electrons. The molecule has 2 heterocycles. The first-order valence-corrected chi connectivity index (χ1v) is 30.5. The van der Waals surface area contributed by atoms with Crippen LogP contribution in [-0.4, -0.2) is 26.0 Å². The highest BCUT2D eigenvalue weighted by molar-refractivity contribution is 7.20. The molecule has 2 nitrogen and oxygen atoms in total. The Morgan fingerprint density at radius 1 is 0.312 bits per heavy atom. The molecule has 0 fully saturated rings. The summed E-state index contributed by atoms with van der Waals surface area (Å²) < 4.78 is 5.06. The molecular formula is C73H54N2Si2. The number of hydrogen-bond donors (Lipinski definition) is 0. The summed E-state index contributed by atoms with van der Waals surface area (Å²) in [7, 11) is -4.71. The zero-order valence-corrected chi connectivity index (χ0v) is 45.0. The molecule has 0 amide bonds. The molecule has 14 aromatic rings. The van der Waals surface area contributed by atoms with Crippen LogP contribution in [-0.2, 0) is 0 Å². The summed E-state index contributed by atoms with van der Waals surface area (Å²) in [5.74, 6) is 0. The van der Waals surface area contributed by atoms with Gasteiger partial charge in [0.2, 0.25) is 0 Å². The Kier molecular flexibility index (Phi) is 11.7. The fourth-order valence-electron chi connectivity index (χ4n) is 12.7. The molecule has 0 radical (unpaired) electrons. The summed E-state index contributed by atoms with van der Waals surface area (Å²) in [5.41, 5.74) is 13.3. The summed E-state index contributed by atoms with van der Waals surface area (Å²) in [5, 5.41) is 14.6. The minimum Gasteiger partial charge on any atom is -0.307 e. The highest BCUT2D eigenvalue weighted by atomic mass is 28.3. The highest BCUT2D eigenvalue weighted by Gasteiger charge is 2.41. The van der Waals surface area contributed by atoms with Gasteiger partial charge in [0, 0.05) is 27.2 Å². The fraction of sp³-hybridized carbons (Fsp3) is 0.0137. The Balaban J connectivity index is 0.975. The quantitative estimate of drug-likeness (QED) is 0.0903. The summed E-state index contributed by atoms with van der Waals surface area (Å²) in [6.45, 7) is 2.25. The van der Waals surface area contributed by atoms with Crippen molar-refractivity contribution in [1.29, 1.82) is 0 Å². The Morgan fingerprint density at radius 2 is 0.779 bits per heavy atom. The van der Waals surface area contributed by atoms with Crippen LogP contribution in [0.5, 0.6) is 0 Å². The zero-order chi connectivity index (χ0) is 51.3. The van der Waals surface area contributed by atoms with Crippen LogP contribution in [0.3, 0.4) is 0 Å². The molecule has 0 bridgehead atoms. The van der Waals surface area contributed by atoms with E-state index >= 15 is 0 Å². The summed E-state index contributed by atoms with van der Waals surface area (Å²) in [6, 6.07) is 114. The third-order valence-corrected chi connectivity index (χ3v) is 24.1. The van der Waals surface area contributed by atoms with E-state index in [1.54, 1.807) is 0 Å². The van der Waals surface area contributed by atoms with E-state index in [1.807, 2.05) is 0 Å². The van der Waals surface area contributed by atoms with Crippen molar-refractivity contribution in [3.63, 3.8) is 0 Å². The van der Waals surface area contributed by atoms with Gasteiger partial charge >= 0.3 is 0 Å². The molecule has 0 atom stereocenters. The molecule has 0 saturated carbocycles. The summed E-state index contributed by atoms with van der Waals surface area (Å²) in [4.78, 5) is 0. The van der Waals surface area contributed by atoms with Crippen LogP contribution in [0.2, 0.25) is 0 Å². The summed E-state index contributed by atoms with van der Waals surface area (Å²) in [6.07, 6.45) is 0. The second-order valence-electron chi connectivity index (χ2n) is 20.4.